The summed E-state index contributed by atoms with van der Waals surface area (Å²) in [5, 5.41) is 8.85. The number of hydrogen-bond donors (Lipinski definition) is 2. The van der Waals surface area contributed by atoms with Crippen molar-refractivity contribution in [2.75, 3.05) is 5.73 Å². The van der Waals surface area contributed by atoms with Gasteiger partial charge in [0.25, 0.3) is 0 Å². The zero-order valence-electron chi connectivity index (χ0n) is 5.11. The van der Waals surface area contributed by atoms with Crippen LogP contribution in [0.1, 0.15) is 10.5 Å². The molecular formula is C6H6N2O2. The number of carbonyl (C=O) groups is 1. The second-order valence-electron chi connectivity index (χ2n) is 1.79. The summed E-state index contributed by atoms with van der Waals surface area (Å²) < 4.78 is 0. The standard InChI is InChI=1S/C6H6N2O2/c7-6-2-5(10)1-4(3-9)8-6/h1-3H,(H3,7,8,10). The van der Waals surface area contributed by atoms with E-state index in [-0.39, 0.29) is 17.3 Å². The van der Waals surface area contributed by atoms with Gasteiger partial charge in [0.15, 0.2) is 6.29 Å². The van der Waals surface area contributed by atoms with Crippen LogP contribution in [-0.4, -0.2) is 16.4 Å². The van der Waals surface area contributed by atoms with E-state index in [4.69, 9.17) is 10.8 Å². The number of rotatable bonds is 1. The van der Waals surface area contributed by atoms with Gasteiger partial charge < -0.3 is 10.8 Å². The molecule has 1 aromatic rings. The van der Waals surface area contributed by atoms with E-state index in [1.54, 1.807) is 0 Å². The fraction of sp³-hybridized carbons (Fsp3) is 0. The Balaban J connectivity index is 3.18. The van der Waals surface area contributed by atoms with E-state index in [0.29, 0.717) is 6.29 Å². The van der Waals surface area contributed by atoms with E-state index in [9.17, 15) is 4.79 Å². The van der Waals surface area contributed by atoms with Crippen LogP contribution in [0.5, 0.6) is 5.75 Å². The molecule has 0 saturated heterocycles. The predicted molar refractivity (Wildman–Crippen MR) is 35.7 cm³/mol. The van der Waals surface area contributed by atoms with Crippen molar-refractivity contribution in [3.8, 4) is 5.75 Å². The molecule has 0 radical (unpaired) electrons. The van der Waals surface area contributed by atoms with Gasteiger partial charge in [0.2, 0.25) is 0 Å². The van der Waals surface area contributed by atoms with Crippen molar-refractivity contribution in [2.24, 2.45) is 0 Å². The molecule has 1 heterocycles. The van der Waals surface area contributed by atoms with Crippen molar-refractivity contribution in [3.05, 3.63) is 17.8 Å². The molecule has 0 aliphatic rings. The van der Waals surface area contributed by atoms with Crippen molar-refractivity contribution in [1.29, 1.82) is 0 Å². The Kier molecular flexibility index (Phi) is 1.53. The molecule has 10 heavy (non-hydrogen) atoms. The van der Waals surface area contributed by atoms with Gasteiger partial charge in [-0.25, -0.2) is 4.98 Å². The predicted octanol–water partition coefficient (Wildman–Crippen LogP) is 0.182. The Morgan fingerprint density at radius 1 is 1.60 bits per heavy atom. The van der Waals surface area contributed by atoms with E-state index in [1.165, 1.54) is 12.1 Å². The quantitative estimate of drug-likeness (QED) is 0.543. The fourth-order valence-electron chi connectivity index (χ4n) is 0.619. The summed E-state index contributed by atoms with van der Waals surface area (Å²) in [7, 11) is 0. The molecule has 0 aliphatic heterocycles. The number of aromatic nitrogens is 1. The van der Waals surface area contributed by atoms with Crippen molar-refractivity contribution in [1.82, 2.24) is 4.98 Å². The SMILES string of the molecule is Nc1cc(O)cc(C=O)n1. The van der Waals surface area contributed by atoms with Crippen LogP contribution in [0.2, 0.25) is 0 Å². The maximum atomic E-state index is 10.1. The highest BCUT2D eigenvalue weighted by molar-refractivity contribution is 5.73. The number of hydrogen-bond acceptors (Lipinski definition) is 4. The van der Waals surface area contributed by atoms with Crippen LogP contribution in [0.15, 0.2) is 12.1 Å². The second kappa shape index (κ2) is 2.34. The molecule has 0 saturated carbocycles. The Morgan fingerprint density at radius 3 is 2.80 bits per heavy atom. The van der Waals surface area contributed by atoms with Crippen molar-refractivity contribution in [3.63, 3.8) is 0 Å². The smallest absolute Gasteiger partial charge is 0.168 e. The van der Waals surface area contributed by atoms with Gasteiger partial charge in [-0.05, 0) is 0 Å². The first kappa shape index (κ1) is 6.54. The fourth-order valence-corrected chi connectivity index (χ4v) is 0.619. The molecular weight excluding hydrogens is 132 g/mol. The number of anilines is 1. The lowest BCUT2D eigenvalue weighted by atomic mass is 10.3. The minimum atomic E-state index is -0.0467. The molecule has 0 unspecified atom stereocenters. The minimum absolute atomic E-state index is 0.0467. The van der Waals surface area contributed by atoms with Gasteiger partial charge in [-0.3, -0.25) is 4.79 Å². The average molecular weight is 138 g/mol. The number of aromatic hydroxyl groups is 1. The summed E-state index contributed by atoms with van der Waals surface area (Å²) >= 11 is 0. The highest BCUT2D eigenvalue weighted by Crippen LogP contribution is 2.11. The third kappa shape index (κ3) is 1.22. The van der Waals surface area contributed by atoms with Gasteiger partial charge in [-0.1, -0.05) is 0 Å². The number of aldehydes is 1. The normalized spacial score (nSPS) is 9.20. The number of nitrogens with zero attached hydrogens (tertiary/aromatic N) is 1. The maximum Gasteiger partial charge on any atom is 0.168 e. The third-order valence-corrected chi connectivity index (χ3v) is 0.970. The Morgan fingerprint density at radius 2 is 2.30 bits per heavy atom. The number of carbonyl (C=O) groups excluding carboxylic acids is 1. The molecule has 0 atom stereocenters. The molecule has 4 heteroatoms. The van der Waals surface area contributed by atoms with Crippen molar-refractivity contribution < 1.29 is 9.90 Å². The summed E-state index contributed by atoms with van der Waals surface area (Å²) in [5.74, 6) is 0.0942. The van der Waals surface area contributed by atoms with Gasteiger partial charge >= 0.3 is 0 Å². The van der Waals surface area contributed by atoms with Crippen LogP contribution < -0.4 is 5.73 Å². The minimum Gasteiger partial charge on any atom is -0.508 e. The molecule has 0 bridgehead atoms. The van der Waals surface area contributed by atoms with E-state index in [2.05, 4.69) is 4.98 Å². The molecule has 0 aliphatic carbocycles. The topological polar surface area (TPSA) is 76.2 Å². The highest BCUT2D eigenvalue weighted by Gasteiger charge is 1.95. The largest absolute Gasteiger partial charge is 0.508 e. The van der Waals surface area contributed by atoms with Crippen LogP contribution in [0.4, 0.5) is 5.82 Å². The lowest BCUT2D eigenvalue weighted by Gasteiger charge is -1.94. The van der Waals surface area contributed by atoms with Gasteiger partial charge in [0.1, 0.15) is 17.3 Å². The Bertz CT molecular complexity index is 240. The van der Waals surface area contributed by atoms with E-state index in [0.717, 1.165) is 0 Å². The summed E-state index contributed by atoms with van der Waals surface area (Å²) in [4.78, 5) is 13.7. The van der Waals surface area contributed by atoms with Crippen LogP contribution >= 0.6 is 0 Å². The molecule has 52 valence electrons. The second-order valence-corrected chi connectivity index (χ2v) is 1.79. The molecule has 3 N–H and O–H groups in total. The maximum absolute atomic E-state index is 10.1. The molecule has 1 aromatic heterocycles. The first-order chi connectivity index (χ1) is 4.72. The summed E-state index contributed by atoms with van der Waals surface area (Å²) in [6, 6.07) is 2.51. The summed E-state index contributed by atoms with van der Waals surface area (Å²) in [6.45, 7) is 0. The molecule has 1 rings (SSSR count). The van der Waals surface area contributed by atoms with Crippen LogP contribution in [0, 0.1) is 0 Å². The van der Waals surface area contributed by atoms with Gasteiger partial charge in [-0.15, -0.1) is 0 Å². The van der Waals surface area contributed by atoms with E-state index >= 15 is 0 Å². The summed E-state index contributed by atoms with van der Waals surface area (Å²) in [5.41, 5.74) is 5.34. The van der Waals surface area contributed by atoms with Crippen LogP contribution in [0.25, 0.3) is 0 Å². The lowest BCUT2D eigenvalue weighted by molar-refractivity contribution is 0.111. The number of nitrogens with two attached hydrogens (primary N) is 1. The van der Waals surface area contributed by atoms with Crippen LogP contribution in [0.3, 0.4) is 0 Å². The lowest BCUT2D eigenvalue weighted by Crippen LogP contribution is -1.93. The van der Waals surface area contributed by atoms with Gasteiger partial charge in [0, 0.05) is 12.1 Å². The first-order valence-electron chi connectivity index (χ1n) is 2.64. The Labute approximate surface area is 57.3 Å². The number of pyridine rings is 1. The molecule has 4 nitrogen and oxygen atoms in total. The van der Waals surface area contributed by atoms with Crippen molar-refractivity contribution in [2.45, 2.75) is 0 Å². The molecule has 0 fully saturated rings. The molecule has 0 amide bonds. The third-order valence-electron chi connectivity index (χ3n) is 0.970. The highest BCUT2D eigenvalue weighted by atomic mass is 16.3. The van der Waals surface area contributed by atoms with Gasteiger partial charge in [0.05, 0.1) is 0 Å². The monoisotopic (exact) mass is 138 g/mol. The van der Waals surface area contributed by atoms with E-state index < -0.39 is 0 Å². The van der Waals surface area contributed by atoms with E-state index in [1.807, 2.05) is 0 Å². The average Bonchev–Trinajstić information content (AvgIpc) is 1.85. The zero-order chi connectivity index (χ0) is 7.56. The zero-order valence-corrected chi connectivity index (χ0v) is 5.11. The van der Waals surface area contributed by atoms with Crippen LogP contribution in [-0.2, 0) is 0 Å². The van der Waals surface area contributed by atoms with Gasteiger partial charge in [-0.2, -0.15) is 0 Å². The first-order valence-corrected chi connectivity index (χ1v) is 2.64. The Hall–Kier alpha value is -1.58. The summed E-state index contributed by atoms with van der Waals surface area (Å²) in [6.07, 6.45) is 0.524. The molecule has 0 spiro atoms. The van der Waals surface area contributed by atoms with Crippen molar-refractivity contribution >= 4 is 12.1 Å². The number of nitrogen functional groups attached to an aromatic ring is 1. The molecule has 0 aromatic carbocycles.